The zero-order valence-corrected chi connectivity index (χ0v) is 14.8. The quantitative estimate of drug-likeness (QED) is 0.588. The summed E-state index contributed by atoms with van der Waals surface area (Å²) in [5.41, 5.74) is 6.96. The predicted molar refractivity (Wildman–Crippen MR) is 104 cm³/mol. The van der Waals surface area contributed by atoms with Crippen LogP contribution in [0.2, 0.25) is 0 Å². The highest BCUT2D eigenvalue weighted by Gasteiger charge is 2.25. The van der Waals surface area contributed by atoms with Gasteiger partial charge in [0.25, 0.3) is 0 Å². The van der Waals surface area contributed by atoms with Gasteiger partial charge < -0.3 is 5.32 Å². The van der Waals surface area contributed by atoms with Gasteiger partial charge in [0.2, 0.25) is 0 Å². The third-order valence-corrected chi connectivity index (χ3v) is 5.33. The van der Waals surface area contributed by atoms with Crippen molar-refractivity contribution in [2.24, 2.45) is 0 Å². The smallest absolute Gasteiger partial charge is 0.0453 e. The van der Waals surface area contributed by atoms with Crippen LogP contribution in [0.15, 0.2) is 54.6 Å². The Hall–Kier alpha value is -2.12. The minimum atomic E-state index is 0.531. The fraction of sp³-hybridized carbons (Fsp3) is 0.304. The number of fused-ring (bicyclic) bond motifs is 1. The monoisotopic (exact) mass is 315 g/mol. The third-order valence-electron chi connectivity index (χ3n) is 5.33. The van der Waals surface area contributed by atoms with Crippen molar-refractivity contribution in [3.05, 3.63) is 71.3 Å². The second kappa shape index (κ2) is 6.07. The minimum Gasteiger partial charge on any atom is -0.307 e. The summed E-state index contributed by atoms with van der Waals surface area (Å²) in [6.45, 7) is 7.91. The van der Waals surface area contributed by atoms with Crippen molar-refractivity contribution in [1.82, 2.24) is 5.32 Å². The molecule has 1 saturated heterocycles. The Morgan fingerprint density at radius 3 is 2.62 bits per heavy atom. The number of benzene rings is 3. The number of rotatable bonds is 4. The maximum absolute atomic E-state index is 3.44. The van der Waals surface area contributed by atoms with E-state index in [1.54, 1.807) is 0 Å². The summed E-state index contributed by atoms with van der Waals surface area (Å²) in [5.74, 6) is 0.586. The summed E-state index contributed by atoms with van der Waals surface area (Å²) in [6.07, 6.45) is 1.17. The van der Waals surface area contributed by atoms with Crippen LogP contribution >= 0.6 is 0 Å². The van der Waals surface area contributed by atoms with Gasteiger partial charge in [-0.15, -0.1) is 0 Å². The molecule has 1 N–H and O–H groups in total. The molecule has 1 heterocycles. The maximum Gasteiger partial charge on any atom is 0.0453 e. The molecule has 1 nitrogen and oxygen atoms in total. The Balaban J connectivity index is 1.91. The average Bonchev–Trinajstić information content (AvgIpc) is 3.45. The number of nitrogens with one attached hydrogen (secondary N) is 1. The van der Waals surface area contributed by atoms with Crippen molar-refractivity contribution in [3.8, 4) is 11.1 Å². The van der Waals surface area contributed by atoms with Crippen LogP contribution in [0, 0.1) is 6.92 Å². The van der Waals surface area contributed by atoms with Gasteiger partial charge in [-0.05, 0) is 58.4 Å². The maximum atomic E-state index is 3.44. The molecule has 24 heavy (non-hydrogen) atoms. The predicted octanol–water partition coefficient (Wildman–Crippen LogP) is 5.97. The Morgan fingerprint density at radius 2 is 1.88 bits per heavy atom. The van der Waals surface area contributed by atoms with Crippen LogP contribution < -0.4 is 5.32 Å². The first-order chi connectivity index (χ1) is 11.7. The third kappa shape index (κ3) is 2.74. The molecule has 0 radical (unpaired) electrons. The highest BCUT2D eigenvalue weighted by atomic mass is 15.1. The first-order valence-electron chi connectivity index (χ1n) is 9.04. The molecule has 0 aliphatic carbocycles. The Labute approximate surface area is 144 Å². The van der Waals surface area contributed by atoms with E-state index >= 15 is 0 Å². The zero-order valence-electron chi connectivity index (χ0n) is 14.8. The summed E-state index contributed by atoms with van der Waals surface area (Å²) >= 11 is 0. The summed E-state index contributed by atoms with van der Waals surface area (Å²) in [4.78, 5) is 0. The Morgan fingerprint density at radius 1 is 1.08 bits per heavy atom. The molecule has 0 aromatic heterocycles. The standard InChI is InChI=1S/C23H25N/c1-4-16(3)21-12-15(2)11-17-9-10-18(13-22(17)21)19-7-5-6-8-20(19)23-14-24-23/h5-13,16,23-24H,4,14H2,1-3H3/t16-,23?/m1/s1. The van der Waals surface area contributed by atoms with E-state index in [-0.39, 0.29) is 0 Å². The minimum absolute atomic E-state index is 0.531. The van der Waals surface area contributed by atoms with E-state index in [0.717, 1.165) is 6.54 Å². The lowest BCUT2D eigenvalue weighted by molar-refractivity contribution is 0.739. The normalized spacial score (nSPS) is 17.9. The van der Waals surface area contributed by atoms with Gasteiger partial charge in [-0.25, -0.2) is 0 Å². The Bertz CT molecular complexity index is 890. The highest BCUT2D eigenvalue weighted by molar-refractivity contribution is 5.91. The van der Waals surface area contributed by atoms with Gasteiger partial charge in [0.05, 0.1) is 0 Å². The molecule has 0 bridgehead atoms. The van der Waals surface area contributed by atoms with Crippen molar-refractivity contribution in [1.29, 1.82) is 0 Å². The van der Waals surface area contributed by atoms with Gasteiger partial charge in [-0.2, -0.15) is 0 Å². The van der Waals surface area contributed by atoms with Crippen molar-refractivity contribution >= 4 is 10.8 Å². The molecular weight excluding hydrogens is 290 g/mol. The van der Waals surface area contributed by atoms with E-state index in [2.05, 4.69) is 80.7 Å². The highest BCUT2D eigenvalue weighted by Crippen LogP contribution is 2.36. The fourth-order valence-corrected chi connectivity index (χ4v) is 3.68. The average molecular weight is 315 g/mol. The van der Waals surface area contributed by atoms with Gasteiger partial charge in [0.15, 0.2) is 0 Å². The van der Waals surface area contributed by atoms with Crippen LogP contribution in [-0.4, -0.2) is 6.54 Å². The van der Waals surface area contributed by atoms with E-state index in [9.17, 15) is 0 Å². The molecular formula is C23H25N. The lowest BCUT2D eigenvalue weighted by Gasteiger charge is -2.16. The molecule has 1 aliphatic rings. The first kappa shape index (κ1) is 15.4. The molecule has 1 aliphatic heterocycles. The van der Waals surface area contributed by atoms with Crippen LogP contribution in [0.3, 0.4) is 0 Å². The molecule has 3 aromatic carbocycles. The SMILES string of the molecule is CC[C@@H](C)c1cc(C)cc2ccc(-c3ccccc3C3CN3)cc12. The van der Waals surface area contributed by atoms with E-state index in [1.165, 1.54) is 45.0 Å². The molecule has 2 atom stereocenters. The van der Waals surface area contributed by atoms with Crippen LogP contribution in [0.5, 0.6) is 0 Å². The molecule has 0 saturated carbocycles. The summed E-state index contributed by atoms with van der Waals surface area (Å²) in [7, 11) is 0. The number of aryl methyl sites for hydroxylation is 1. The first-order valence-corrected chi connectivity index (χ1v) is 9.04. The number of hydrogen-bond donors (Lipinski definition) is 1. The van der Waals surface area contributed by atoms with Crippen LogP contribution in [0.1, 0.15) is 48.9 Å². The second-order valence-corrected chi connectivity index (χ2v) is 7.15. The van der Waals surface area contributed by atoms with Crippen molar-refractivity contribution in [2.45, 2.75) is 39.2 Å². The van der Waals surface area contributed by atoms with Gasteiger partial charge in [-0.1, -0.05) is 67.9 Å². The molecule has 1 fully saturated rings. The lowest BCUT2D eigenvalue weighted by Crippen LogP contribution is -1.95. The molecule has 1 unspecified atom stereocenters. The van der Waals surface area contributed by atoms with E-state index in [0.29, 0.717) is 12.0 Å². The Kier molecular flexibility index (Phi) is 3.90. The summed E-state index contributed by atoms with van der Waals surface area (Å²) in [5, 5.41) is 6.21. The molecule has 4 rings (SSSR count). The van der Waals surface area contributed by atoms with E-state index < -0.39 is 0 Å². The van der Waals surface area contributed by atoms with Crippen molar-refractivity contribution < 1.29 is 0 Å². The molecule has 0 spiro atoms. The van der Waals surface area contributed by atoms with Crippen molar-refractivity contribution in [3.63, 3.8) is 0 Å². The second-order valence-electron chi connectivity index (χ2n) is 7.15. The van der Waals surface area contributed by atoms with Gasteiger partial charge in [0, 0.05) is 12.6 Å². The van der Waals surface area contributed by atoms with Crippen LogP contribution in [0.4, 0.5) is 0 Å². The zero-order chi connectivity index (χ0) is 16.7. The largest absolute Gasteiger partial charge is 0.307 e. The van der Waals surface area contributed by atoms with Crippen LogP contribution in [-0.2, 0) is 0 Å². The van der Waals surface area contributed by atoms with Gasteiger partial charge in [-0.3, -0.25) is 0 Å². The fourth-order valence-electron chi connectivity index (χ4n) is 3.68. The molecule has 3 aromatic rings. The summed E-state index contributed by atoms with van der Waals surface area (Å²) < 4.78 is 0. The topological polar surface area (TPSA) is 21.9 Å². The molecule has 0 amide bonds. The van der Waals surface area contributed by atoms with E-state index in [4.69, 9.17) is 0 Å². The van der Waals surface area contributed by atoms with Gasteiger partial charge >= 0.3 is 0 Å². The van der Waals surface area contributed by atoms with Gasteiger partial charge in [0.1, 0.15) is 0 Å². The molecule has 1 heteroatoms. The van der Waals surface area contributed by atoms with E-state index in [1.807, 2.05) is 0 Å². The molecule has 122 valence electrons. The summed E-state index contributed by atoms with van der Waals surface area (Å²) in [6, 6.07) is 21.0. The van der Waals surface area contributed by atoms with Crippen LogP contribution in [0.25, 0.3) is 21.9 Å². The van der Waals surface area contributed by atoms with Crippen molar-refractivity contribution in [2.75, 3.05) is 6.54 Å². The number of hydrogen-bond acceptors (Lipinski definition) is 1. The lowest BCUT2D eigenvalue weighted by atomic mass is 9.88.